The topological polar surface area (TPSA) is 105 Å². The van der Waals surface area contributed by atoms with Gasteiger partial charge in [-0.15, -0.1) is 0 Å². The van der Waals surface area contributed by atoms with Crippen molar-refractivity contribution in [3.05, 3.63) is 42.1 Å². The van der Waals surface area contributed by atoms with Gasteiger partial charge in [-0.2, -0.15) is 5.26 Å². The molecule has 1 saturated heterocycles. The Morgan fingerprint density at radius 1 is 1.17 bits per heavy atom. The minimum absolute atomic E-state index is 0.158. The Morgan fingerprint density at radius 3 is 2.53 bits per heavy atom. The van der Waals surface area contributed by atoms with Crippen molar-refractivity contribution in [3.8, 4) is 22.9 Å². The second-order valence-electron chi connectivity index (χ2n) is 9.99. The maximum Gasteiger partial charge on any atom is 0.410 e. The summed E-state index contributed by atoms with van der Waals surface area (Å²) in [6.45, 7) is 5.36. The fourth-order valence-corrected chi connectivity index (χ4v) is 3.90. The standard InChI is InChI=1S/C26H28F2N4O4/c1-26(2,3)36-25(34)32-9-7-22(20(28)14-32)35-21-5-4-15(10-17(21)13-29)16-6-8-30-23(11-16)31-24(33)18-12-19(18)27/h4-6,8,10-11,18-20,22H,7,9,12,14H2,1-3H3,(H,30,31,33)/t18-,19-,20-,22+/m1/s1. The number of nitrogens with one attached hydrogen (secondary N) is 1. The number of aromatic nitrogens is 1. The number of hydrogen-bond acceptors (Lipinski definition) is 6. The summed E-state index contributed by atoms with van der Waals surface area (Å²) in [4.78, 5) is 29.7. The second-order valence-corrected chi connectivity index (χ2v) is 9.99. The molecule has 1 aliphatic carbocycles. The van der Waals surface area contributed by atoms with Crippen molar-refractivity contribution in [1.29, 1.82) is 5.26 Å². The van der Waals surface area contributed by atoms with Crippen LogP contribution in [0.15, 0.2) is 36.5 Å². The van der Waals surface area contributed by atoms with Gasteiger partial charge in [0.2, 0.25) is 5.91 Å². The van der Waals surface area contributed by atoms with Crippen molar-refractivity contribution in [2.45, 2.75) is 57.7 Å². The fraction of sp³-hybridized carbons (Fsp3) is 0.462. The third-order valence-electron chi connectivity index (χ3n) is 5.91. The number of rotatable bonds is 5. The van der Waals surface area contributed by atoms with E-state index >= 15 is 0 Å². The molecule has 1 aliphatic heterocycles. The molecular formula is C26H28F2N4O4. The highest BCUT2D eigenvalue weighted by Crippen LogP contribution is 2.35. The average molecular weight is 499 g/mol. The summed E-state index contributed by atoms with van der Waals surface area (Å²) in [5, 5.41) is 12.3. The van der Waals surface area contributed by atoms with Gasteiger partial charge in [-0.05, 0) is 62.6 Å². The number of benzene rings is 1. The Labute approximate surface area is 208 Å². The predicted octanol–water partition coefficient (Wildman–Crippen LogP) is 4.64. The van der Waals surface area contributed by atoms with Gasteiger partial charge in [-0.25, -0.2) is 18.6 Å². The first-order valence-electron chi connectivity index (χ1n) is 11.8. The Balaban J connectivity index is 1.42. The van der Waals surface area contributed by atoms with Crippen molar-refractivity contribution < 1.29 is 27.8 Å². The lowest BCUT2D eigenvalue weighted by Gasteiger charge is -2.35. The summed E-state index contributed by atoms with van der Waals surface area (Å²) in [6.07, 6.45) is -1.95. The maximum atomic E-state index is 14.9. The summed E-state index contributed by atoms with van der Waals surface area (Å²) in [6, 6.07) is 10.4. The summed E-state index contributed by atoms with van der Waals surface area (Å²) in [5.74, 6) is -0.517. The monoisotopic (exact) mass is 498 g/mol. The number of alkyl halides is 2. The van der Waals surface area contributed by atoms with Crippen LogP contribution in [0.1, 0.15) is 39.2 Å². The molecule has 36 heavy (non-hydrogen) atoms. The molecular weight excluding hydrogens is 470 g/mol. The van der Waals surface area contributed by atoms with Crippen molar-refractivity contribution >= 4 is 17.8 Å². The average Bonchev–Trinajstić information content (AvgIpc) is 3.56. The highest BCUT2D eigenvalue weighted by molar-refractivity contribution is 5.94. The number of anilines is 1. The molecule has 0 spiro atoms. The van der Waals surface area contributed by atoms with Crippen LogP contribution in [0.3, 0.4) is 0 Å². The number of nitrogens with zero attached hydrogens (tertiary/aromatic N) is 3. The van der Waals surface area contributed by atoms with E-state index in [9.17, 15) is 23.6 Å². The van der Waals surface area contributed by atoms with Crippen molar-refractivity contribution in [2.75, 3.05) is 18.4 Å². The lowest BCUT2D eigenvalue weighted by molar-refractivity contribution is -0.117. The molecule has 0 bridgehead atoms. The van der Waals surface area contributed by atoms with Gasteiger partial charge in [0.15, 0.2) is 6.17 Å². The predicted molar refractivity (Wildman–Crippen MR) is 128 cm³/mol. The summed E-state index contributed by atoms with van der Waals surface area (Å²) >= 11 is 0. The fourth-order valence-electron chi connectivity index (χ4n) is 3.90. The molecule has 8 nitrogen and oxygen atoms in total. The van der Waals surface area contributed by atoms with E-state index in [1.54, 1.807) is 51.1 Å². The molecule has 2 amide bonds. The first-order chi connectivity index (χ1) is 17.0. The van der Waals surface area contributed by atoms with E-state index in [1.807, 2.05) is 0 Å². The van der Waals surface area contributed by atoms with Crippen LogP contribution in [-0.4, -0.2) is 59.0 Å². The van der Waals surface area contributed by atoms with E-state index in [1.165, 1.54) is 11.1 Å². The molecule has 2 aromatic rings. The lowest BCUT2D eigenvalue weighted by atomic mass is 10.0. The van der Waals surface area contributed by atoms with Crippen LogP contribution >= 0.6 is 0 Å². The normalized spacial score (nSPS) is 23.4. The summed E-state index contributed by atoms with van der Waals surface area (Å²) < 4.78 is 39.2. The van der Waals surface area contributed by atoms with Crippen molar-refractivity contribution in [3.63, 3.8) is 0 Å². The molecule has 1 aromatic carbocycles. The number of ether oxygens (including phenoxy) is 2. The highest BCUT2D eigenvalue weighted by Gasteiger charge is 2.43. The molecule has 2 aliphatic rings. The number of hydrogen-bond donors (Lipinski definition) is 1. The number of nitriles is 1. The number of pyridine rings is 1. The molecule has 4 atom stereocenters. The van der Waals surface area contributed by atoms with E-state index in [2.05, 4.69) is 16.4 Å². The van der Waals surface area contributed by atoms with Gasteiger partial charge in [-0.1, -0.05) is 6.07 Å². The first kappa shape index (κ1) is 25.4. The molecule has 1 N–H and O–H groups in total. The SMILES string of the molecule is CC(C)(C)OC(=O)N1CC[C@H](Oc2ccc(-c3ccnc(NC(=O)[C@@H]4C[C@H]4F)c3)cc2C#N)[C@H](F)C1. The number of halogens is 2. The molecule has 190 valence electrons. The van der Waals surface area contributed by atoms with Crippen LogP contribution < -0.4 is 10.1 Å². The Hall–Kier alpha value is -3.74. The van der Waals surface area contributed by atoms with Gasteiger partial charge >= 0.3 is 6.09 Å². The zero-order valence-corrected chi connectivity index (χ0v) is 20.3. The summed E-state index contributed by atoms with van der Waals surface area (Å²) in [7, 11) is 0. The zero-order chi connectivity index (χ0) is 26.0. The largest absolute Gasteiger partial charge is 0.486 e. The molecule has 1 aromatic heterocycles. The van der Waals surface area contributed by atoms with E-state index in [0.29, 0.717) is 11.1 Å². The number of carbonyl (C=O) groups is 2. The maximum absolute atomic E-state index is 14.9. The number of likely N-dealkylation sites (tertiary alicyclic amines) is 1. The van der Waals surface area contributed by atoms with Crippen LogP contribution in [-0.2, 0) is 9.53 Å². The van der Waals surface area contributed by atoms with E-state index in [4.69, 9.17) is 9.47 Å². The van der Waals surface area contributed by atoms with Gasteiger partial charge in [0.05, 0.1) is 18.0 Å². The third-order valence-corrected chi connectivity index (χ3v) is 5.91. The highest BCUT2D eigenvalue weighted by atomic mass is 19.1. The molecule has 0 unspecified atom stereocenters. The number of carbonyl (C=O) groups excluding carboxylic acids is 2. The lowest BCUT2D eigenvalue weighted by Crippen LogP contribution is -2.50. The number of amides is 2. The second kappa shape index (κ2) is 10.1. The Bertz CT molecular complexity index is 1190. The van der Waals surface area contributed by atoms with Crippen LogP contribution in [0.25, 0.3) is 11.1 Å². The van der Waals surface area contributed by atoms with Gasteiger partial charge in [0, 0.05) is 19.2 Å². The van der Waals surface area contributed by atoms with E-state index in [0.717, 1.165) is 0 Å². The van der Waals surface area contributed by atoms with Crippen molar-refractivity contribution in [1.82, 2.24) is 9.88 Å². The van der Waals surface area contributed by atoms with Gasteiger partial charge in [0.25, 0.3) is 0 Å². The van der Waals surface area contributed by atoms with E-state index < -0.39 is 42.0 Å². The van der Waals surface area contributed by atoms with Gasteiger partial charge < -0.3 is 19.7 Å². The molecule has 1 saturated carbocycles. The Morgan fingerprint density at radius 2 is 1.89 bits per heavy atom. The molecule has 10 heteroatoms. The minimum Gasteiger partial charge on any atom is -0.486 e. The van der Waals surface area contributed by atoms with Crippen LogP contribution in [0.2, 0.25) is 0 Å². The van der Waals surface area contributed by atoms with Gasteiger partial charge in [-0.3, -0.25) is 4.79 Å². The minimum atomic E-state index is -1.45. The van der Waals surface area contributed by atoms with Crippen LogP contribution in [0.4, 0.5) is 19.4 Å². The summed E-state index contributed by atoms with van der Waals surface area (Å²) in [5.41, 5.74) is 0.901. The van der Waals surface area contributed by atoms with Crippen molar-refractivity contribution in [2.24, 2.45) is 5.92 Å². The zero-order valence-electron chi connectivity index (χ0n) is 20.3. The molecule has 2 fully saturated rings. The van der Waals surface area contributed by atoms with E-state index in [-0.39, 0.29) is 43.1 Å². The molecule has 4 rings (SSSR count). The molecule has 0 radical (unpaired) electrons. The smallest absolute Gasteiger partial charge is 0.410 e. The number of piperidine rings is 1. The van der Waals surface area contributed by atoms with Crippen LogP contribution in [0.5, 0.6) is 5.75 Å². The van der Waals surface area contributed by atoms with Gasteiger partial charge in [0.1, 0.15) is 35.5 Å². The first-order valence-corrected chi connectivity index (χ1v) is 11.8. The quantitative estimate of drug-likeness (QED) is 0.644. The van der Waals surface area contributed by atoms with Crippen LogP contribution in [0, 0.1) is 17.2 Å². The Kier molecular flexibility index (Phi) is 7.11. The molecule has 2 heterocycles. The third kappa shape index (κ3) is 6.08.